The molecule has 1 saturated heterocycles. The van der Waals surface area contributed by atoms with Gasteiger partial charge in [-0.05, 0) is 44.4 Å². The van der Waals surface area contributed by atoms with Crippen LogP contribution in [0.2, 0.25) is 5.02 Å². The van der Waals surface area contributed by atoms with Gasteiger partial charge in [0.25, 0.3) is 0 Å². The first-order valence-corrected chi connectivity index (χ1v) is 7.51. The molecule has 0 radical (unpaired) electrons. The van der Waals surface area contributed by atoms with Crippen LogP contribution in [0.5, 0.6) is 0 Å². The predicted molar refractivity (Wildman–Crippen MR) is 76.0 cm³/mol. The minimum Gasteiger partial charge on any atom is -0.334 e. The molecule has 0 aromatic heterocycles. The van der Waals surface area contributed by atoms with Crippen LogP contribution in [0.3, 0.4) is 0 Å². The summed E-state index contributed by atoms with van der Waals surface area (Å²) >= 11 is 6.07. The number of nitrogens with one attached hydrogen (secondary N) is 1. The third-order valence-electron chi connectivity index (χ3n) is 4.02. The van der Waals surface area contributed by atoms with Crippen molar-refractivity contribution in [2.75, 3.05) is 6.54 Å². The van der Waals surface area contributed by atoms with E-state index in [2.05, 4.69) is 5.32 Å². The number of nitrogens with zero attached hydrogens (tertiary/aromatic N) is 1. The van der Waals surface area contributed by atoms with E-state index in [-0.39, 0.29) is 30.4 Å². The Hall–Kier alpha value is -1.13. The van der Waals surface area contributed by atoms with Gasteiger partial charge >= 0.3 is 0 Å². The zero-order valence-corrected chi connectivity index (χ0v) is 12.0. The first kappa shape index (κ1) is 13.8. The topological polar surface area (TPSA) is 32.3 Å². The Kier molecular flexibility index (Phi) is 3.94. The lowest BCUT2D eigenvalue weighted by Crippen LogP contribution is -2.44. The van der Waals surface area contributed by atoms with E-state index in [1.54, 1.807) is 17.0 Å². The van der Waals surface area contributed by atoms with E-state index in [1.165, 1.54) is 6.07 Å². The third-order valence-corrected chi connectivity index (χ3v) is 4.37. The summed E-state index contributed by atoms with van der Waals surface area (Å²) in [5.41, 5.74) is 0.424. The SMILES string of the molecule is O=C([C@H]1CCCN1)N(Cc1c(F)cccc1Cl)C1CC1. The maximum Gasteiger partial charge on any atom is 0.240 e. The summed E-state index contributed by atoms with van der Waals surface area (Å²) in [6.45, 7) is 1.16. The molecule has 1 heterocycles. The summed E-state index contributed by atoms with van der Waals surface area (Å²) in [4.78, 5) is 14.4. The van der Waals surface area contributed by atoms with E-state index in [0.717, 1.165) is 32.2 Å². The van der Waals surface area contributed by atoms with Crippen molar-refractivity contribution in [2.45, 2.75) is 44.3 Å². The second-order valence-corrected chi connectivity index (χ2v) is 5.95. The van der Waals surface area contributed by atoms with Crippen LogP contribution in [0.15, 0.2) is 18.2 Å². The van der Waals surface area contributed by atoms with Crippen molar-refractivity contribution in [2.24, 2.45) is 0 Å². The van der Waals surface area contributed by atoms with Crippen LogP contribution in [-0.4, -0.2) is 29.4 Å². The van der Waals surface area contributed by atoms with Gasteiger partial charge in [0.15, 0.2) is 0 Å². The normalized spacial score (nSPS) is 22.0. The Bertz CT molecular complexity index is 492. The molecule has 20 heavy (non-hydrogen) atoms. The summed E-state index contributed by atoms with van der Waals surface area (Å²) < 4.78 is 13.9. The first-order chi connectivity index (χ1) is 9.66. The van der Waals surface area contributed by atoms with Crippen molar-refractivity contribution in [3.8, 4) is 0 Å². The Morgan fingerprint density at radius 2 is 2.20 bits per heavy atom. The molecule has 1 amide bonds. The molecule has 1 aromatic carbocycles. The van der Waals surface area contributed by atoms with Gasteiger partial charge in [-0.15, -0.1) is 0 Å². The van der Waals surface area contributed by atoms with Crippen molar-refractivity contribution in [1.29, 1.82) is 0 Å². The molecule has 3 rings (SSSR count). The third kappa shape index (κ3) is 2.81. The molecule has 0 bridgehead atoms. The fourth-order valence-electron chi connectivity index (χ4n) is 2.72. The van der Waals surface area contributed by atoms with Crippen molar-refractivity contribution in [3.63, 3.8) is 0 Å². The maximum atomic E-state index is 13.9. The summed E-state index contributed by atoms with van der Waals surface area (Å²) in [6, 6.07) is 4.79. The van der Waals surface area contributed by atoms with Crippen molar-refractivity contribution in [1.82, 2.24) is 10.2 Å². The zero-order valence-electron chi connectivity index (χ0n) is 11.2. The molecule has 2 fully saturated rings. The summed E-state index contributed by atoms with van der Waals surface area (Å²) in [7, 11) is 0. The van der Waals surface area contributed by atoms with E-state index >= 15 is 0 Å². The van der Waals surface area contributed by atoms with Crippen LogP contribution in [0.4, 0.5) is 4.39 Å². The fraction of sp³-hybridized carbons (Fsp3) is 0.533. The van der Waals surface area contributed by atoms with Gasteiger partial charge in [-0.1, -0.05) is 17.7 Å². The van der Waals surface area contributed by atoms with Crippen LogP contribution in [0, 0.1) is 5.82 Å². The lowest BCUT2D eigenvalue weighted by Gasteiger charge is -2.26. The number of benzene rings is 1. The molecule has 1 aromatic rings. The summed E-state index contributed by atoms with van der Waals surface area (Å²) in [5, 5.41) is 3.61. The van der Waals surface area contributed by atoms with E-state index in [0.29, 0.717) is 10.6 Å². The molecular formula is C15H18ClFN2O. The van der Waals surface area contributed by atoms with Crippen molar-refractivity contribution in [3.05, 3.63) is 34.6 Å². The molecule has 0 unspecified atom stereocenters. The Balaban J connectivity index is 1.79. The second kappa shape index (κ2) is 5.70. The van der Waals surface area contributed by atoms with Gasteiger partial charge in [-0.2, -0.15) is 0 Å². The predicted octanol–water partition coefficient (Wildman–Crippen LogP) is 2.72. The van der Waals surface area contributed by atoms with Crippen molar-refractivity contribution >= 4 is 17.5 Å². The summed E-state index contributed by atoms with van der Waals surface area (Å²) in [5.74, 6) is -0.250. The van der Waals surface area contributed by atoms with Crippen LogP contribution in [0.25, 0.3) is 0 Å². The van der Waals surface area contributed by atoms with Crippen LogP contribution in [0.1, 0.15) is 31.2 Å². The number of rotatable bonds is 4. The minimum atomic E-state index is -0.338. The molecule has 2 aliphatic rings. The molecule has 1 N–H and O–H groups in total. The number of hydrogen-bond donors (Lipinski definition) is 1. The monoisotopic (exact) mass is 296 g/mol. The largest absolute Gasteiger partial charge is 0.334 e. The lowest BCUT2D eigenvalue weighted by atomic mass is 10.1. The summed E-state index contributed by atoms with van der Waals surface area (Å²) in [6.07, 6.45) is 3.90. The molecule has 0 spiro atoms. The smallest absolute Gasteiger partial charge is 0.240 e. The number of hydrogen-bond acceptors (Lipinski definition) is 2. The van der Waals surface area contributed by atoms with Crippen molar-refractivity contribution < 1.29 is 9.18 Å². The van der Waals surface area contributed by atoms with E-state index in [1.807, 2.05) is 0 Å². The van der Waals surface area contributed by atoms with Gasteiger partial charge in [-0.25, -0.2) is 4.39 Å². The first-order valence-electron chi connectivity index (χ1n) is 7.13. The zero-order chi connectivity index (χ0) is 14.1. The molecular weight excluding hydrogens is 279 g/mol. The number of carbonyl (C=O) groups is 1. The maximum absolute atomic E-state index is 13.9. The van der Waals surface area contributed by atoms with Crippen LogP contribution < -0.4 is 5.32 Å². The highest BCUT2D eigenvalue weighted by Crippen LogP contribution is 2.31. The van der Waals surface area contributed by atoms with Gasteiger partial charge in [-0.3, -0.25) is 4.79 Å². The average Bonchev–Trinajstić information content (AvgIpc) is 3.11. The van der Waals surface area contributed by atoms with Gasteiger partial charge in [0, 0.05) is 16.6 Å². The van der Waals surface area contributed by atoms with Crippen LogP contribution in [-0.2, 0) is 11.3 Å². The molecule has 5 heteroatoms. The molecule has 1 atom stereocenters. The number of amides is 1. The van der Waals surface area contributed by atoms with Gasteiger partial charge in [0.1, 0.15) is 5.82 Å². The average molecular weight is 297 g/mol. The van der Waals surface area contributed by atoms with Gasteiger partial charge < -0.3 is 10.2 Å². The molecule has 1 aliphatic heterocycles. The van der Waals surface area contributed by atoms with E-state index in [9.17, 15) is 9.18 Å². The minimum absolute atomic E-state index is 0.0873. The van der Waals surface area contributed by atoms with E-state index in [4.69, 9.17) is 11.6 Å². The number of carbonyl (C=O) groups excluding carboxylic acids is 1. The molecule has 1 aliphatic carbocycles. The number of halogens is 2. The molecule has 108 valence electrons. The standard InChI is InChI=1S/C15H18ClFN2O/c16-12-3-1-4-13(17)11(12)9-19(10-6-7-10)15(20)14-5-2-8-18-14/h1,3-4,10,14,18H,2,5-9H2/t14-/m1/s1. The molecule has 1 saturated carbocycles. The quantitative estimate of drug-likeness (QED) is 0.926. The van der Waals surface area contributed by atoms with Gasteiger partial charge in [0.05, 0.1) is 12.6 Å². The Morgan fingerprint density at radius 3 is 2.80 bits per heavy atom. The highest BCUT2D eigenvalue weighted by molar-refractivity contribution is 6.31. The Morgan fingerprint density at radius 1 is 1.40 bits per heavy atom. The second-order valence-electron chi connectivity index (χ2n) is 5.55. The molecule has 3 nitrogen and oxygen atoms in total. The van der Waals surface area contributed by atoms with Gasteiger partial charge in [0.2, 0.25) is 5.91 Å². The highest BCUT2D eigenvalue weighted by atomic mass is 35.5. The highest BCUT2D eigenvalue weighted by Gasteiger charge is 2.37. The fourth-order valence-corrected chi connectivity index (χ4v) is 2.95. The Labute approximate surface area is 123 Å². The van der Waals surface area contributed by atoms with E-state index < -0.39 is 0 Å². The van der Waals surface area contributed by atoms with Crippen LogP contribution >= 0.6 is 11.6 Å². The lowest BCUT2D eigenvalue weighted by molar-refractivity contribution is -0.134.